The van der Waals surface area contributed by atoms with E-state index in [0.717, 1.165) is 23.1 Å². The van der Waals surface area contributed by atoms with Gasteiger partial charge in [0.05, 0.1) is 5.56 Å². The number of nitrogens with zero attached hydrogens (tertiary/aromatic N) is 2. The fraction of sp³-hybridized carbons (Fsp3) is 0.167. The minimum atomic E-state index is -0.600. The number of benzene rings is 3. The van der Waals surface area contributed by atoms with E-state index in [1.165, 1.54) is 23.8 Å². The quantitative estimate of drug-likeness (QED) is 0.327. The van der Waals surface area contributed by atoms with Gasteiger partial charge in [0.15, 0.2) is 0 Å². The van der Waals surface area contributed by atoms with Crippen molar-refractivity contribution >= 4 is 17.5 Å². The molecule has 6 heteroatoms. The van der Waals surface area contributed by atoms with Crippen LogP contribution in [-0.2, 0) is 19.5 Å². The molecule has 0 atom stereocenters. The summed E-state index contributed by atoms with van der Waals surface area (Å²) in [6.45, 7) is 4.73. The highest BCUT2D eigenvalue weighted by molar-refractivity contribution is 6.05. The maximum atomic E-state index is 14.1. The van der Waals surface area contributed by atoms with Crippen LogP contribution in [-0.4, -0.2) is 21.7 Å². The number of carbonyl (C=O) groups is 2. The molecule has 4 aromatic rings. The maximum Gasteiger partial charge on any atom is 0.258 e. The van der Waals surface area contributed by atoms with Crippen molar-refractivity contribution < 1.29 is 14.0 Å². The molecule has 0 saturated carbocycles. The van der Waals surface area contributed by atoms with Crippen LogP contribution in [0.5, 0.6) is 0 Å². The average Bonchev–Trinajstić information content (AvgIpc) is 2.90. The molecule has 2 amide bonds. The minimum absolute atomic E-state index is 0.0534. The Bertz CT molecular complexity index is 1350. The van der Waals surface area contributed by atoms with E-state index >= 15 is 0 Å². The summed E-state index contributed by atoms with van der Waals surface area (Å²) in [5, 5.41) is 2.75. The van der Waals surface area contributed by atoms with E-state index in [4.69, 9.17) is 0 Å². The largest absolute Gasteiger partial charge is 0.330 e. The van der Waals surface area contributed by atoms with Crippen molar-refractivity contribution in [2.24, 2.45) is 0 Å². The first-order valence-electron chi connectivity index (χ1n) is 11.9. The second kappa shape index (κ2) is 11.4. The lowest BCUT2D eigenvalue weighted by atomic mass is 10.1. The molecule has 4 rings (SSSR count). The summed E-state index contributed by atoms with van der Waals surface area (Å²) in [4.78, 5) is 32.3. The average molecular weight is 482 g/mol. The van der Waals surface area contributed by atoms with Crippen molar-refractivity contribution in [3.63, 3.8) is 0 Å². The standard InChI is InChI=1S/C30H28FN3O2/c1-3-22-11-13-23(14-12-22)19-34(20-24-7-6-16-32-18-24)30(36)25-15-10-21(2)28(17-25)33-29(35)26-8-4-5-9-27(26)31/h4-18H,3,19-20H2,1-2H3,(H,33,35). The van der Waals surface area contributed by atoms with Gasteiger partial charge in [-0.25, -0.2) is 4.39 Å². The van der Waals surface area contributed by atoms with Crippen molar-refractivity contribution in [3.05, 3.63) is 130 Å². The highest BCUT2D eigenvalue weighted by Crippen LogP contribution is 2.22. The van der Waals surface area contributed by atoms with Crippen LogP contribution in [0.3, 0.4) is 0 Å². The molecule has 0 saturated heterocycles. The van der Waals surface area contributed by atoms with Gasteiger partial charge in [-0.2, -0.15) is 0 Å². The molecule has 1 aromatic heterocycles. The Morgan fingerprint density at radius 1 is 0.889 bits per heavy atom. The lowest BCUT2D eigenvalue weighted by Gasteiger charge is -2.24. The molecule has 5 nitrogen and oxygen atoms in total. The van der Waals surface area contributed by atoms with Gasteiger partial charge < -0.3 is 10.2 Å². The van der Waals surface area contributed by atoms with Gasteiger partial charge in [-0.05, 0) is 65.9 Å². The Labute approximate surface area is 210 Å². The predicted molar refractivity (Wildman–Crippen MR) is 139 cm³/mol. The van der Waals surface area contributed by atoms with Crippen molar-refractivity contribution in [1.29, 1.82) is 0 Å². The van der Waals surface area contributed by atoms with E-state index in [1.807, 2.05) is 31.2 Å². The van der Waals surface area contributed by atoms with Crippen LogP contribution >= 0.6 is 0 Å². The molecule has 0 unspecified atom stereocenters. The van der Waals surface area contributed by atoms with Crippen LogP contribution in [0.4, 0.5) is 10.1 Å². The normalized spacial score (nSPS) is 10.6. The summed E-state index contributed by atoms with van der Waals surface area (Å²) in [6, 6.07) is 23.0. The summed E-state index contributed by atoms with van der Waals surface area (Å²) >= 11 is 0. The van der Waals surface area contributed by atoms with E-state index < -0.39 is 11.7 Å². The number of anilines is 1. The van der Waals surface area contributed by atoms with Crippen LogP contribution in [0.2, 0.25) is 0 Å². The second-order valence-corrected chi connectivity index (χ2v) is 8.66. The summed E-state index contributed by atoms with van der Waals surface area (Å²) in [5.74, 6) is -1.35. The molecule has 36 heavy (non-hydrogen) atoms. The summed E-state index contributed by atoms with van der Waals surface area (Å²) in [5.41, 5.74) is 4.77. The lowest BCUT2D eigenvalue weighted by molar-refractivity contribution is 0.0729. The molecule has 3 aromatic carbocycles. The number of aromatic nitrogens is 1. The second-order valence-electron chi connectivity index (χ2n) is 8.66. The molecule has 0 aliphatic carbocycles. The van der Waals surface area contributed by atoms with Gasteiger partial charge in [0.1, 0.15) is 5.82 Å². The lowest BCUT2D eigenvalue weighted by Crippen LogP contribution is -2.30. The Hall–Kier alpha value is -4.32. The molecule has 0 bridgehead atoms. The van der Waals surface area contributed by atoms with Gasteiger partial charge in [0.2, 0.25) is 0 Å². The zero-order chi connectivity index (χ0) is 25.5. The molecule has 1 heterocycles. The topological polar surface area (TPSA) is 62.3 Å². The number of halogens is 1. The predicted octanol–water partition coefficient (Wildman–Crippen LogP) is 6.19. The Morgan fingerprint density at radius 2 is 1.61 bits per heavy atom. The van der Waals surface area contributed by atoms with Crippen molar-refractivity contribution in [2.45, 2.75) is 33.4 Å². The van der Waals surface area contributed by atoms with Crippen molar-refractivity contribution in [2.75, 3.05) is 5.32 Å². The van der Waals surface area contributed by atoms with Crippen LogP contribution < -0.4 is 5.32 Å². The smallest absolute Gasteiger partial charge is 0.258 e. The molecule has 1 N–H and O–H groups in total. The zero-order valence-corrected chi connectivity index (χ0v) is 20.4. The van der Waals surface area contributed by atoms with Crippen LogP contribution in [0.1, 0.15) is 49.9 Å². The molecule has 0 aliphatic rings. The Morgan fingerprint density at radius 3 is 2.31 bits per heavy atom. The third-order valence-electron chi connectivity index (χ3n) is 6.04. The van der Waals surface area contributed by atoms with Gasteiger partial charge in [-0.3, -0.25) is 14.6 Å². The minimum Gasteiger partial charge on any atom is -0.330 e. The zero-order valence-electron chi connectivity index (χ0n) is 20.4. The molecule has 0 fully saturated rings. The van der Waals surface area contributed by atoms with Crippen LogP contribution in [0.15, 0.2) is 91.3 Å². The maximum absolute atomic E-state index is 14.1. The van der Waals surface area contributed by atoms with Crippen LogP contribution in [0.25, 0.3) is 0 Å². The third kappa shape index (κ3) is 6.02. The Balaban J connectivity index is 1.60. The van der Waals surface area contributed by atoms with Gasteiger partial charge in [-0.15, -0.1) is 0 Å². The van der Waals surface area contributed by atoms with E-state index in [0.29, 0.717) is 24.3 Å². The summed E-state index contributed by atoms with van der Waals surface area (Å²) < 4.78 is 14.1. The number of amides is 2. The van der Waals surface area contributed by atoms with E-state index in [1.54, 1.807) is 41.6 Å². The van der Waals surface area contributed by atoms with Crippen LogP contribution in [0, 0.1) is 12.7 Å². The molecule has 182 valence electrons. The fourth-order valence-corrected chi connectivity index (χ4v) is 3.92. The summed E-state index contributed by atoms with van der Waals surface area (Å²) in [6.07, 6.45) is 4.39. The SMILES string of the molecule is CCc1ccc(CN(Cc2cccnc2)C(=O)c2ccc(C)c(NC(=O)c3ccccc3F)c2)cc1. The van der Waals surface area contributed by atoms with Gasteiger partial charge in [0.25, 0.3) is 11.8 Å². The molecular weight excluding hydrogens is 453 g/mol. The number of hydrogen-bond acceptors (Lipinski definition) is 3. The number of aryl methyl sites for hydroxylation is 2. The van der Waals surface area contributed by atoms with Gasteiger partial charge in [-0.1, -0.05) is 55.5 Å². The van der Waals surface area contributed by atoms with Crippen molar-refractivity contribution in [1.82, 2.24) is 9.88 Å². The van der Waals surface area contributed by atoms with E-state index in [2.05, 4.69) is 29.4 Å². The number of pyridine rings is 1. The highest BCUT2D eigenvalue weighted by Gasteiger charge is 2.19. The monoisotopic (exact) mass is 481 g/mol. The molecule has 0 spiro atoms. The molecular formula is C30H28FN3O2. The van der Waals surface area contributed by atoms with Gasteiger partial charge in [0, 0.05) is 36.7 Å². The number of carbonyl (C=O) groups excluding carboxylic acids is 2. The highest BCUT2D eigenvalue weighted by atomic mass is 19.1. The molecule has 0 aliphatic heterocycles. The Kier molecular flexibility index (Phi) is 7.85. The number of rotatable bonds is 8. The first-order valence-corrected chi connectivity index (χ1v) is 11.9. The third-order valence-corrected chi connectivity index (χ3v) is 6.04. The van der Waals surface area contributed by atoms with Gasteiger partial charge >= 0.3 is 0 Å². The fourth-order valence-electron chi connectivity index (χ4n) is 3.92. The van der Waals surface area contributed by atoms with E-state index in [-0.39, 0.29) is 11.5 Å². The van der Waals surface area contributed by atoms with Crippen molar-refractivity contribution in [3.8, 4) is 0 Å². The summed E-state index contributed by atoms with van der Waals surface area (Å²) in [7, 11) is 0. The molecule has 0 radical (unpaired) electrons. The first kappa shape index (κ1) is 24.8. The number of nitrogens with one attached hydrogen (secondary N) is 1. The van der Waals surface area contributed by atoms with E-state index in [9.17, 15) is 14.0 Å². The number of hydrogen-bond donors (Lipinski definition) is 1. The first-order chi connectivity index (χ1) is 17.4.